The molecule has 3 amide bonds. The number of carbonyl (C=O) groups excluding carboxylic acids is 3. The van der Waals surface area contributed by atoms with Crippen LogP contribution >= 0.6 is 0 Å². The predicted molar refractivity (Wildman–Crippen MR) is 159 cm³/mol. The van der Waals surface area contributed by atoms with Crippen LogP contribution in [0.25, 0.3) is 0 Å². The van der Waals surface area contributed by atoms with Gasteiger partial charge in [0.15, 0.2) is 5.82 Å². The summed E-state index contributed by atoms with van der Waals surface area (Å²) in [7, 11) is 3.33. The molecule has 0 spiro atoms. The number of fused-ring (bicyclic) bond motifs is 1. The van der Waals surface area contributed by atoms with Gasteiger partial charge in [-0.3, -0.25) is 14.4 Å². The second-order valence-electron chi connectivity index (χ2n) is 10.5. The summed E-state index contributed by atoms with van der Waals surface area (Å²) in [4.78, 5) is 47.9. The van der Waals surface area contributed by atoms with Gasteiger partial charge in [-0.15, -0.1) is 0 Å². The molecular weight excluding hydrogens is 520 g/mol. The number of rotatable bonds is 7. The van der Waals surface area contributed by atoms with Crippen molar-refractivity contribution >= 4 is 40.7 Å². The lowest BCUT2D eigenvalue weighted by molar-refractivity contribution is -0.129. The monoisotopic (exact) mass is 556 g/mol. The molecule has 3 aromatic rings. The third-order valence-electron chi connectivity index (χ3n) is 7.84. The Morgan fingerprint density at radius 1 is 1.05 bits per heavy atom. The summed E-state index contributed by atoms with van der Waals surface area (Å²) in [5.41, 5.74) is 2.97. The van der Waals surface area contributed by atoms with Crippen LogP contribution in [0.1, 0.15) is 42.6 Å². The van der Waals surface area contributed by atoms with Crippen LogP contribution < -0.4 is 25.2 Å². The first-order chi connectivity index (χ1) is 19.7. The van der Waals surface area contributed by atoms with Crippen molar-refractivity contribution in [3.05, 3.63) is 71.8 Å². The first-order valence-corrected chi connectivity index (χ1v) is 13.9. The number of piperidine rings is 1. The number of likely N-dealkylation sites (tertiary alicyclic amines) is 1. The van der Waals surface area contributed by atoms with E-state index in [0.29, 0.717) is 48.3 Å². The number of pyridine rings is 1. The molecule has 0 saturated carbocycles. The van der Waals surface area contributed by atoms with E-state index in [9.17, 15) is 14.4 Å². The Morgan fingerprint density at radius 3 is 2.46 bits per heavy atom. The maximum Gasteiger partial charge on any atom is 0.251 e. The van der Waals surface area contributed by atoms with Gasteiger partial charge in [0.2, 0.25) is 11.8 Å². The molecule has 2 aliphatic heterocycles. The van der Waals surface area contributed by atoms with Crippen molar-refractivity contribution in [1.82, 2.24) is 15.2 Å². The number of carbonyl (C=O) groups is 3. The van der Waals surface area contributed by atoms with Crippen LogP contribution in [0.4, 0.5) is 23.0 Å². The summed E-state index contributed by atoms with van der Waals surface area (Å²) >= 11 is 0. The molecule has 10 nitrogen and oxygen atoms in total. The summed E-state index contributed by atoms with van der Waals surface area (Å²) in [6.07, 6.45) is 1.46. The van der Waals surface area contributed by atoms with Crippen molar-refractivity contribution in [1.29, 1.82) is 0 Å². The van der Waals surface area contributed by atoms with Crippen LogP contribution in [0.2, 0.25) is 0 Å². The molecule has 1 atom stereocenters. The highest BCUT2D eigenvalue weighted by molar-refractivity contribution is 6.04. The number of nitrogens with one attached hydrogen (secondary N) is 2. The van der Waals surface area contributed by atoms with Crippen LogP contribution in [-0.4, -0.2) is 66.9 Å². The Morgan fingerprint density at radius 2 is 1.78 bits per heavy atom. The molecule has 10 heteroatoms. The minimum Gasteiger partial charge on any atom is -0.495 e. The molecule has 5 rings (SSSR count). The predicted octanol–water partition coefficient (Wildman–Crippen LogP) is 3.95. The maximum atomic E-state index is 13.0. The summed E-state index contributed by atoms with van der Waals surface area (Å²) in [6.45, 7) is 5.30. The lowest BCUT2D eigenvalue weighted by Gasteiger charge is -2.39. The molecule has 0 aliphatic carbocycles. The van der Waals surface area contributed by atoms with E-state index < -0.39 is 0 Å². The molecule has 2 aromatic carbocycles. The van der Waals surface area contributed by atoms with E-state index in [1.165, 1.54) is 0 Å². The number of nitrogens with zero attached hydrogens (tertiary/aromatic N) is 4. The van der Waals surface area contributed by atoms with Gasteiger partial charge in [-0.05, 0) is 55.7 Å². The van der Waals surface area contributed by atoms with E-state index in [4.69, 9.17) is 9.72 Å². The Labute approximate surface area is 240 Å². The van der Waals surface area contributed by atoms with Crippen molar-refractivity contribution in [2.24, 2.45) is 0 Å². The molecule has 0 bridgehead atoms. The summed E-state index contributed by atoms with van der Waals surface area (Å²) < 4.78 is 5.62. The number of benzene rings is 2. The van der Waals surface area contributed by atoms with Gasteiger partial charge in [-0.2, -0.15) is 0 Å². The zero-order valence-corrected chi connectivity index (χ0v) is 23.9. The summed E-state index contributed by atoms with van der Waals surface area (Å²) in [5, 5.41) is 6.41. The van der Waals surface area contributed by atoms with Gasteiger partial charge < -0.3 is 30.1 Å². The molecular formula is C31H36N6O4. The van der Waals surface area contributed by atoms with Crippen molar-refractivity contribution in [2.75, 3.05) is 42.4 Å². The van der Waals surface area contributed by atoms with E-state index in [-0.39, 0.29) is 29.8 Å². The SMILES string of the molecule is COc1cc(C(=O)NC2CCN(C(C)=O)CC2)ccc1Nc1ccc2c(n1)N(Cc1ccccc1)[C@H](C)C(=O)N2C. The number of likely N-dealkylation sites (N-methyl/N-ethyl adjacent to an activating group) is 1. The van der Waals surface area contributed by atoms with E-state index >= 15 is 0 Å². The van der Waals surface area contributed by atoms with Gasteiger partial charge in [-0.1, -0.05) is 30.3 Å². The number of hydrogen-bond donors (Lipinski definition) is 2. The molecule has 0 radical (unpaired) electrons. The minimum atomic E-state index is -0.377. The van der Waals surface area contributed by atoms with Crippen LogP contribution in [0.3, 0.4) is 0 Å². The van der Waals surface area contributed by atoms with E-state index in [1.807, 2.05) is 54.3 Å². The van der Waals surface area contributed by atoms with Crippen molar-refractivity contribution in [3.63, 3.8) is 0 Å². The van der Waals surface area contributed by atoms with Crippen molar-refractivity contribution in [2.45, 2.75) is 45.3 Å². The quantitative estimate of drug-likeness (QED) is 0.454. The average molecular weight is 557 g/mol. The number of hydrogen-bond acceptors (Lipinski definition) is 7. The van der Waals surface area contributed by atoms with Crippen molar-refractivity contribution < 1.29 is 19.1 Å². The Kier molecular flexibility index (Phi) is 8.09. The van der Waals surface area contributed by atoms with Crippen LogP contribution in [0.5, 0.6) is 5.75 Å². The van der Waals surface area contributed by atoms with E-state index in [1.54, 1.807) is 49.1 Å². The van der Waals surface area contributed by atoms with Crippen LogP contribution in [0.15, 0.2) is 60.7 Å². The largest absolute Gasteiger partial charge is 0.495 e. The van der Waals surface area contributed by atoms with Crippen molar-refractivity contribution in [3.8, 4) is 5.75 Å². The highest BCUT2D eigenvalue weighted by Gasteiger charge is 2.35. The number of amides is 3. The van der Waals surface area contributed by atoms with Gasteiger partial charge in [0.25, 0.3) is 5.91 Å². The highest BCUT2D eigenvalue weighted by Crippen LogP contribution is 2.37. The fourth-order valence-corrected chi connectivity index (χ4v) is 5.37. The van der Waals surface area contributed by atoms with Crippen LogP contribution in [0, 0.1) is 0 Å². The van der Waals surface area contributed by atoms with Gasteiger partial charge in [-0.25, -0.2) is 4.98 Å². The Hall–Kier alpha value is -4.60. The topological polar surface area (TPSA) is 107 Å². The number of aromatic nitrogens is 1. The van der Waals surface area contributed by atoms with Gasteiger partial charge in [0.05, 0.1) is 18.5 Å². The fourth-order valence-electron chi connectivity index (χ4n) is 5.37. The normalized spacial score (nSPS) is 17.2. The van der Waals surface area contributed by atoms with E-state index in [0.717, 1.165) is 24.1 Å². The number of anilines is 4. The van der Waals surface area contributed by atoms with Crippen LogP contribution in [-0.2, 0) is 16.1 Å². The van der Waals surface area contributed by atoms with Gasteiger partial charge in [0.1, 0.15) is 17.6 Å². The molecule has 1 saturated heterocycles. The molecule has 2 N–H and O–H groups in total. The smallest absolute Gasteiger partial charge is 0.251 e. The molecule has 3 heterocycles. The maximum absolute atomic E-state index is 13.0. The third-order valence-corrected chi connectivity index (χ3v) is 7.84. The number of ether oxygens (including phenoxy) is 1. The first-order valence-electron chi connectivity index (χ1n) is 13.9. The second kappa shape index (κ2) is 11.9. The lowest BCUT2D eigenvalue weighted by Crippen LogP contribution is -2.50. The lowest BCUT2D eigenvalue weighted by atomic mass is 10.0. The second-order valence-corrected chi connectivity index (χ2v) is 10.5. The van der Waals surface area contributed by atoms with E-state index in [2.05, 4.69) is 10.6 Å². The highest BCUT2D eigenvalue weighted by atomic mass is 16.5. The Balaban J connectivity index is 1.34. The average Bonchev–Trinajstić information content (AvgIpc) is 2.99. The van der Waals surface area contributed by atoms with Gasteiger partial charge in [0, 0.05) is 45.2 Å². The number of methoxy groups -OCH3 is 1. The zero-order chi connectivity index (χ0) is 29.1. The first kappa shape index (κ1) is 27.9. The summed E-state index contributed by atoms with van der Waals surface area (Å²) in [6, 6.07) is 18.6. The molecule has 41 heavy (non-hydrogen) atoms. The molecule has 1 fully saturated rings. The fraction of sp³-hybridized carbons (Fsp3) is 0.355. The Bertz CT molecular complexity index is 1440. The van der Waals surface area contributed by atoms with Gasteiger partial charge >= 0.3 is 0 Å². The molecule has 2 aliphatic rings. The third kappa shape index (κ3) is 5.96. The molecule has 1 aromatic heterocycles. The molecule has 214 valence electrons. The zero-order valence-electron chi connectivity index (χ0n) is 23.9. The molecule has 0 unspecified atom stereocenters. The minimum absolute atomic E-state index is 0.0101. The summed E-state index contributed by atoms with van der Waals surface area (Å²) in [5.74, 6) is 1.70. The standard InChI is InChI=1S/C31H36N6O4/c1-20-31(40)35(3)26-12-13-28(34-29(26)37(20)19-22-8-6-5-7-9-22)33-25-11-10-23(18-27(25)41-4)30(39)32-24-14-16-36(17-15-24)21(2)38/h5-13,18,20,24H,14-17,19H2,1-4H3,(H,32,39)(H,33,34)/t20-/m1/s1.